The first-order valence-electron chi connectivity index (χ1n) is 4.04. The first-order chi connectivity index (χ1) is 6.66. The molecule has 0 fully saturated rings. The van der Waals surface area contributed by atoms with Gasteiger partial charge in [-0.2, -0.15) is 4.98 Å². The molecular weight excluding hydrogens is 180 g/mol. The van der Waals surface area contributed by atoms with Crippen LogP contribution in [0.1, 0.15) is 0 Å². The van der Waals surface area contributed by atoms with E-state index in [0.717, 1.165) is 5.56 Å². The van der Waals surface area contributed by atoms with E-state index in [2.05, 4.69) is 15.1 Å². The van der Waals surface area contributed by atoms with Crippen LogP contribution in [0.4, 0.5) is 11.6 Å². The number of nitrogens with two attached hydrogens (primary N) is 2. The lowest BCUT2D eigenvalue weighted by Gasteiger charge is -1.95. The second kappa shape index (κ2) is 2.99. The van der Waals surface area contributed by atoms with Crippen LogP contribution in [0.15, 0.2) is 18.5 Å². The van der Waals surface area contributed by atoms with Crippen molar-refractivity contribution in [1.29, 1.82) is 0 Å². The first-order valence-corrected chi connectivity index (χ1v) is 4.04. The van der Waals surface area contributed by atoms with Crippen molar-refractivity contribution in [2.24, 2.45) is 7.05 Å². The maximum absolute atomic E-state index is 5.58. The van der Waals surface area contributed by atoms with Crippen LogP contribution in [0.2, 0.25) is 0 Å². The highest BCUT2D eigenvalue weighted by atomic mass is 15.4. The zero-order valence-corrected chi connectivity index (χ0v) is 7.68. The van der Waals surface area contributed by atoms with Crippen LogP contribution in [-0.2, 0) is 7.05 Å². The number of hydrogen-bond donors (Lipinski definition) is 2. The van der Waals surface area contributed by atoms with E-state index in [0.29, 0.717) is 17.5 Å². The molecule has 14 heavy (non-hydrogen) atoms. The fourth-order valence-corrected chi connectivity index (χ4v) is 1.10. The van der Waals surface area contributed by atoms with Crippen LogP contribution in [0.3, 0.4) is 0 Å². The predicted octanol–water partition coefficient (Wildman–Crippen LogP) is 0.0415. The zero-order chi connectivity index (χ0) is 10.1. The summed E-state index contributed by atoms with van der Waals surface area (Å²) < 4.78 is 1.50. The number of aromatic nitrogens is 4. The summed E-state index contributed by atoms with van der Waals surface area (Å²) in [4.78, 5) is 8.00. The van der Waals surface area contributed by atoms with Gasteiger partial charge in [-0.1, -0.05) is 0 Å². The summed E-state index contributed by atoms with van der Waals surface area (Å²) >= 11 is 0. The second-order valence-corrected chi connectivity index (χ2v) is 2.92. The van der Waals surface area contributed by atoms with Crippen LogP contribution >= 0.6 is 0 Å². The van der Waals surface area contributed by atoms with E-state index in [1.807, 2.05) is 0 Å². The molecule has 0 amide bonds. The van der Waals surface area contributed by atoms with E-state index in [-0.39, 0.29) is 0 Å². The summed E-state index contributed by atoms with van der Waals surface area (Å²) in [6.45, 7) is 0. The molecule has 6 heteroatoms. The van der Waals surface area contributed by atoms with Crippen LogP contribution in [0, 0.1) is 0 Å². The Morgan fingerprint density at radius 2 is 2.07 bits per heavy atom. The molecular formula is C8H10N6. The van der Waals surface area contributed by atoms with Crippen molar-refractivity contribution in [1.82, 2.24) is 19.7 Å². The molecule has 72 valence electrons. The van der Waals surface area contributed by atoms with Gasteiger partial charge in [0.15, 0.2) is 5.82 Å². The summed E-state index contributed by atoms with van der Waals surface area (Å²) in [5.74, 6) is 0.896. The molecule has 0 saturated heterocycles. The van der Waals surface area contributed by atoms with Gasteiger partial charge in [-0.05, 0) is 6.07 Å². The van der Waals surface area contributed by atoms with Gasteiger partial charge in [0.25, 0.3) is 0 Å². The molecule has 0 spiro atoms. The number of hydrogen-bond acceptors (Lipinski definition) is 5. The number of pyridine rings is 1. The highest BCUT2D eigenvalue weighted by molar-refractivity contribution is 5.59. The molecule has 6 nitrogen and oxygen atoms in total. The summed E-state index contributed by atoms with van der Waals surface area (Å²) in [7, 11) is 1.73. The van der Waals surface area contributed by atoms with Gasteiger partial charge in [0.05, 0.1) is 5.69 Å². The predicted molar refractivity (Wildman–Crippen MR) is 53.1 cm³/mol. The quantitative estimate of drug-likeness (QED) is 0.662. The van der Waals surface area contributed by atoms with Gasteiger partial charge in [0.1, 0.15) is 0 Å². The normalized spacial score (nSPS) is 10.4. The molecule has 0 bridgehead atoms. The van der Waals surface area contributed by atoms with E-state index < -0.39 is 0 Å². The van der Waals surface area contributed by atoms with Crippen molar-refractivity contribution in [2.75, 3.05) is 11.5 Å². The highest BCUT2D eigenvalue weighted by Gasteiger charge is 2.06. The third-order valence-corrected chi connectivity index (χ3v) is 1.81. The van der Waals surface area contributed by atoms with Crippen LogP contribution in [-0.4, -0.2) is 19.7 Å². The summed E-state index contributed by atoms with van der Waals surface area (Å²) in [6, 6.07) is 1.75. The molecule has 2 aromatic heterocycles. The SMILES string of the molecule is Cn1nc(-c2cncc(N)c2)nc1N. The maximum Gasteiger partial charge on any atom is 0.218 e. The molecule has 0 unspecified atom stereocenters. The molecule has 0 atom stereocenters. The number of nitrogen functional groups attached to an aromatic ring is 2. The van der Waals surface area contributed by atoms with E-state index in [1.165, 1.54) is 4.68 Å². The van der Waals surface area contributed by atoms with Crippen molar-refractivity contribution in [3.8, 4) is 11.4 Å². The Bertz CT molecular complexity index is 441. The van der Waals surface area contributed by atoms with Crippen molar-refractivity contribution < 1.29 is 0 Å². The largest absolute Gasteiger partial charge is 0.397 e. The number of anilines is 2. The molecule has 0 aliphatic rings. The average Bonchev–Trinajstić information content (AvgIpc) is 2.47. The molecule has 2 heterocycles. The minimum absolute atomic E-state index is 0.363. The maximum atomic E-state index is 5.58. The number of aryl methyl sites for hydroxylation is 1. The van der Waals surface area contributed by atoms with Crippen molar-refractivity contribution >= 4 is 11.6 Å². The molecule has 2 aromatic rings. The number of nitrogens with zero attached hydrogens (tertiary/aromatic N) is 4. The minimum Gasteiger partial charge on any atom is -0.397 e. The monoisotopic (exact) mass is 190 g/mol. The van der Waals surface area contributed by atoms with Crippen LogP contribution in [0.5, 0.6) is 0 Å². The molecule has 2 rings (SSSR count). The summed E-state index contributed by atoms with van der Waals surface area (Å²) in [5.41, 5.74) is 12.5. The molecule has 0 radical (unpaired) electrons. The number of rotatable bonds is 1. The lowest BCUT2D eigenvalue weighted by molar-refractivity contribution is 0.781. The third kappa shape index (κ3) is 1.37. The third-order valence-electron chi connectivity index (χ3n) is 1.81. The van der Waals surface area contributed by atoms with Gasteiger partial charge in [0.2, 0.25) is 5.95 Å². The molecule has 0 aromatic carbocycles. The highest BCUT2D eigenvalue weighted by Crippen LogP contribution is 2.16. The topological polar surface area (TPSA) is 95.6 Å². The Morgan fingerprint density at radius 3 is 2.64 bits per heavy atom. The lowest BCUT2D eigenvalue weighted by Crippen LogP contribution is -1.97. The van der Waals surface area contributed by atoms with Gasteiger partial charge in [0, 0.05) is 25.0 Å². The Labute approximate surface area is 80.6 Å². The first kappa shape index (κ1) is 8.49. The van der Waals surface area contributed by atoms with Gasteiger partial charge < -0.3 is 11.5 Å². The van der Waals surface area contributed by atoms with Crippen molar-refractivity contribution in [3.05, 3.63) is 18.5 Å². The van der Waals surface area contributed by atoms with Gasteiger partial charge >= 0.3 is 0 Å². The fraction of sp³-hybridized carbons (Fsp3) is 0.125. The van der Waals surface area contributed by atoms with Crippen LogP contribution in [0.25, 0.3) is 11.4 Å². The Hall–Kier alpha value is -2.11. The average molecular weight is 190 g/mol. The fourth-order valence-electron chi connectivity index (χ4n) is 1.10. The summed E-state index contributed by atoms with van der Waals surface area (Å²) in [6.07, 6.45) is 3.21. The molecule has 0 aliphatic heterocycles. The Balaban J connectivity index is 2.49. The van der Waals surface area contributed by atoms with Gasteiger partial charge in [-0.25, -0.2) is 4.68 Å². The van der Waals surface area contributed by atoms with E-state index in [4.69, 9.17) is 11.5 Å². The van der Waals surface area contributed by atoms with Crippen molar-refractivity contribution in [3.63, 3.8) is 0 Å². The smallest absolute Gasteiger partial charge is 0.218 e. The molecule has 0 aliphatic carbocycles. The molecule has 0 saturated carbocycles. The zero-order valence-electron chi connectivity index (χ0n) is 7.68. The van der Waals surface area contributed by atoms with Gasteiger partial charge in [-0.3, -0.25) is 4.98 Å². The Kier molecular flexibility index (Phi) is 1.81. The second-order valence-electron chi connectivity index (χ2n) is 2.92. The van der Waals surface area contributed by atoms with Gasteiger partial charge in [-0.15, -0.1) is 5.10 Å². The Morgan fingerprint density at radius 1 is 1.29 bits per heavy atom. The lowest BCUT2D eigenvalue weighted by atomic mass is 10.2. The van der Waals surface area contributed by atoms with Crippen LogP contribution < -0.4 is 11.5 Å². The van der Waals surface area contributed by atoms with Crippen molar-refractivity contribution in [2.45, 2.75) is 0 Å². The standard InChI is InChI=1S/C8H10N6/c1-14-8(10)12-7(13-14)5-2-6(9)4-11-3-5/h2-4H,9H2,1H3,(H2,10,12,13). The minimum atomic E-state index is 0.363. The molecule has 4 N–H and O–H groups in total. The van der Waals surface area contributed by atoms with E-state index >= 15 is 0 Å². The van der Waals surface area contributed by atoms with E-state index in [1.54, 1.807) is 25.5 Å². The summed E-state index contributed by atoms with van der Waals surface area (Å²) in [5, 5.41) is 4.11. The van der Waals surface area contributed by atoms with E-state index in [9.17, 15) is 0 Å².